The molecule has 1 aromatic heterocycles. The summed E-state index contributed by atoms with van der Waals surface area (Å²) in [5.41, 5.74) is 3.56. The molecule has 0 radical (unpaired) electrons. The molecule has 0 saturated carbocycles. The Hall–Kier alpha value is -1.67. The molecule has 1 aromatic carbocycles. The largest absolute Gasteiger partial charge is 0.311 e. The van der Waals surface area contributed by atoms with Gasteiger partial charge in [-0.2, -0.15) is 0 Å². The summed E-state index contributed by atoms with van der Waals surface area (Å²) in [7, 11) is 0. The highest BCUT2D eigenvalue weighted by Crippen LogP contribution is 2.13. The van der Waals surface area contributed by atoms with Gasteiger partial charge in [0.25, 0.3) is 0 Å². The second-order valence-corrected chi connectivity index (χ2v) is 4.71. The molecule has 1 unspecified atom stereocenters. The van der Waals surface area contributed by atoms with E-state index in [0.29, 0.717) is 5.92 Å². The van der Waals surface area contributed by atoms with Crippen LogP contribution in [0.25, 0.3) is 0 Å². The third kappa shape index (κ3) is 3.67. The first-order chi connectivity index (χ1) is 8.75. The minimum Gasteiger partial charge on any atom is -0.311 e. The number of rotatable bonds is 5. The zero-order valence-corrected chi connectivity index (χ0v) is 11.1. The minimum absolute atomic E-state index is 0.524. The smallest absolute Gasteiger partial charge is 0.0544 e. The number of benzene rings is 1. The van der Waals surface area contributed by atoms with E-state index in [4.69, 9.17) is 0 Å². The second-order valence-electron chi connectivity index (χ2n) is 4.71. The number of aryl methyl sites for hydroxylation is 1. The van der Waals surface area contributed by atoms with E-state index in [9.17, 15) is 0 Å². The Balaban J connectivity index is 1.82. The van der Waals surface area contributed by atoms with Crippen LogP contribution in [0.4, 0.5) is 0 Å². The third-order valence-electron chi connectivity index (χ3n) is 3.07. The molecule has 0 bridgehead atoms. The van der Waals surface area contributed by atoms with Crippen molar-refractivity contribution in [3.8, 4) is 0 Å². The van der Waals surface area contributed by atoms with Crippen LogP contribution < -0.4 is 5.32 Å². The lowest BCUT2D eigenvalue weighted by atomic mass is 10.0. The average molecular weight is 240 g/mol. The van der Waals surface area contributed by atoms with Gasteiger partial charge in [-0.3, -0.25) is 4.98 Å². The van der Waals surface area contributed by atoms with Gasteiger partial charge in [0.15, 0.2) is 0 Å². The molecule has 0 aliphatic heterocycles. The Morgan fingerprint density at radius 3 is 2.56 bits per heavy atom. The van der Waals surface area contributed by atoms with E-state index < -0.39 is 0 Å². The predicted molar refractivity (Wildman–Crippen MR) is 75.5 cm³/mol. The second kappa shape index (κ2) is 6.31. The highest BCUT2D eigenvalue weighted by atomic mass is 14.9. The summed E-state index contributed by atoms with van der Waals surface area (Å²) in [6.07, 6.45) is 0. The fraction of sp³-hybridized carbons (Fsp3) is 0.312. The summed E-state index contributed by atoms with van der Waals surface area (Å²) in [4.78, 5) is 4.48. The lowest BCUT2D eigenvalue weighted by molar-refractivity contribution is 0.607. The van der Waals surface area contributed by atoms with Crippen molar-refractivity contribution >= 4 is 0 Å². The Labute approximate surface area is 109 Å². The molecule has 0 amide bonds. The van der Waals surface area contributed by atoms with Crippen LogP contribution in [-0.4, -0.2) is 11.5 Å². The quantitative estimate of drug-likeness (QED) is 0.867. The van der Waals surface area contributed by atoms with E-state index in [1.165, 1.54) is 5.56 Å². The highest BCUT2D eigenvalue weighted by Gasteiger charge is 2.04. The zero-order chi connectivity index (χ0) is 12.8. The van der Waals surface area contributed by atoms with Gasteiger partial charge in [-0.25, -0.2) is 0 Å². The van der Waals surface area contributed by atoms with E-state index in [-0.39, 0.29) is 0 Å². The fourth-order valence-electron chi connectivity index (χ4n) is 2.01. The van der Waals surface area contributed by atoms with Crippen molar-refractivity contribution in [3.05, 3.63) is 65.5 Å². The summed E-state index contributed by atoms with van der Waals surface area (Å²) >= 11 is 0. The molecule has 1 atom stereocenters. The molecule has 0 fully saturated rings. The molecule has 2 heteroatoms. The standard InChI is InChI=1S/C16H20N2/c1-13(15-8-4-3-5-9-15)11-17-12-16-10-6-7-14(2)18-16/h3-10,13,17H,11-12H2,1-2H3. The van der Waals surface area contributed by atoms with Gasteiger partial charge in [0, 0.05) is 18.8 Å². The fourth-order valence-corrected chi connectivity index (χ4v) is 2.01. The molecule has 0 saturated heterocycles. The molecule has 2 aromatic rings. The Bertz CT molecular complexity index is 479. The summed E-state index contributed by atoms with van der Waals surface area (Å²) in [6.45, 7) is 6.07. The first-order valence-electron chi connectivity index (χ1n) is 6.44. The minimum atomic E-state index is 0.524. The molecule has 18 heavy (non-hydrogen) atoms. The van der Waals surface area contributed by atoms with Crippen LogP contribution >= 0.6 is 0 Å². The molecule has 0 aliphatic carbocycles. The van der Waals surface area contributed by atoms with Crippen molar-refractivity contribution in [1.29, 1.82) is 0 Å². The number of hydrogen-bond donors (Lipinski definition) is 1. The summed E-state index contributed by atoms with van der Waals surface area (Å²) in [5.74, 6) is 0.524. The molecule has 0 spiro atoms. The maximum absolute atomic E-state index is 4.48. The lowest BCUT2D eigenvalue weighted by Gasteiger charge is -2.12. The predicted octanol–water partition coefficient (Wildman–Crippen LogP) is 3.28. The van der Waals surface area contributed by atoms with Crippen LogP contribution in [0.5, 0.6) is 0 Å². The van der Waals surface area contributed by atoms with Crippen molar-refractivity contribution in [2.24, 2.45) is 0 Å². The summed E-state index contributed by atoms with van der Waals surface area (Å²) in [5, 5.41) is 3.46. The van der Waals surface area contributed by atoms with E-state index in [1.807, 2.05) is 13.0 Å². The van der Waals surface area contributed by atoms with Crippen LogP contribution in [-0.2, 0) is 6.54 Å². The van der Waals surface area contributed by atoms with Gasteiger partial charge in [0.1, 0.15) is 0 Å². The van der Waals surface area contributed by atoms with Crippen molar-refractivity contribution in [1.82, 2.24) is 10.3 Å². The molecule has 1 heterocycles. The van der Waals surface area contributed by atoms with Gasteiger partial charge in [-0.15, -0.1) is 0 Å². The maximum atomic E-state index is 4.48. The van der Waals surface area contributed by atoms with Crippen molar-refractivity contribution in [2.45, 2.75) is 26.3 Å². The highest BCUT2D eigenvalue weighted by molar-refractivity contribution is 5.19. The van der Waals surface area contributed by atoms with Crippen LogP contribution in [0.15, 0.2) is 48.5 Å². The Morgan fingerprint density at radius 2 is 1.83 bits per heavy atom. The average Bonchev–Trinajstić information content (AvgIpc) is 2.40. The summed E-state index contributed by atoms with van der Waals surface area (Å²) in [6, 6.07) is 16.7. The Morgan fingerprint density at radius 1 is 1.06 bits per heavy atom. The Kier molecular flexibility index (Phi) is 4.48. The molecule has 2 nitrogen and oxygen atoms in total. The van der Waals surface area contributed by atoms with Crippen LogP contribution in [0.2, 0.25) is 0 Å². The topological polar surface area (TPSA) is 24.9 Å². The molecule has 0 aliphatic rings. The molecular weight excluding hydrogens is 220 g/mol. The van der Waals surface area contributed by atoms with Crippen molar-refractivity contribution < 1.29 is 0 Å². The van der Waals surface area contributed by atoms with Crippen molar-refractivity contribution in [3.63, 3.8) is 0 Å². The third-order valence-corrected chi connectivity index (χ3v) is 3.07. The molecule has 1 N–H and O–H groups in total. The van der Waals surface area contributed by atoms with Crippen LogP contribution in [0.1, 0.15) is 29.8 Å². The molecule has 2 rings (SSSR count). The van der Waals surface area contributed by atoms with Gasteiger partial charge >= 0.3 is 0 Å². The molecular formula is C16H20N2. The SMILES string of the molecule is Cc1cccc(CNCC(C)c2ccccc2)n1. The van der Waals surface area contributed by atoms with Gasteiger partial charge in [0.05, 0.1) is 5.69 Å². The van der Waals surface area contributed by atoms with Gasteiger partial charge < -0.3 is 5.32 Å². The van der Waals surface area contributed by atoms with Crippen LogP contribution in [0, 0.1) is 6.92 Å². The molecule has 94 valence electrons. The number of aromatic nitrogens is 1. The zero-order valence-electron chi connectivity index (χ0n) is 11.1. The van der Waals surface area contributed by atoms with Gasteiger partial charge in [0.2, 0.25) is 0 Å². The number of pyridine rings is 1. The van der Waals surface area contributed by atoms with E-state index in [0.717, 1.165) is 24.5 Å². The normalized spacial score (nSPS) is 12.3. The van der Waals surface area contributed by atoms with E-state index in [2.05, 4.69) is 59.7 Å². The van der Waals surface area contributed by atoms with E-state index >= 15 is 0 Å². The first kappa shape index (κ1) is 12.8. The number of hydrogen-bond acceptors (Lipinski definition) is 2. The van der Waals surface area contributed by atoms with Crippen LogP contribution in [0.3, 0.4) is 0 Å². The first-order valence-corrected chi connectivity index (χ1v) is 6.44. The summed E-state index contributed by atoms with van der Waals surface area (Å²) < 4.78 is 0. The number of nitrogens with zero attached hydrogens (tertiary/aromatic N) is 1. The van der Waals surface area contributed by atoms with Gasteiger partial charge in [-0.05, 0) is 30.5 Å². The van der Waals surface area contributed by atoms with Crippen molar-refractivity contribution in [2.75, 3.05) is 6.54 Å². The van der Waals surface area contributed by atoms with Gasteiger partial charge in [-0.1, -0.05) is 43.3 Å². The lowest BCUT2D eigenvalue weighted by Crippen LogP contribution is -2.20. The number of nitrogens with one attached hydrogen (secondary N) is 1. The maximum Gasteiger partial charge on any atom is 0.0544 e. The monoisotopic (exact) mass is 240 g/mol. The van der Waals surface area contributed by atoms with E-state index in [1.54, 1.807) is 0 Å².